The number of hydrogen-bond donors (Lipinski definition) is 2. The van der Waals surface area contributed by atoms with E-state index in [4.69, 9.17) is 19.0 Å². The van der Waals surface area contributed by atoms with Crippen molar-refractivity contribution in [1.82, 2.24) is 5.32 Å². The van der Waals surface area contributed by atoms with Crippen LogP contribution in [0, 0.1) is 0 Å². The van der Waals surface area contributed by atoms with Gasteiger partial charge < -0.3 is 24.3 Å². The maximum absolute atomic E-state index is 11.8. The van der Waals surface area contributed by atoms with Gasteiger partial charge in [0.1, 0.15) is 11.5 Å². The molecule has 0 saturated heterocycles. The van der Waals surface area contributed by atoms with Gasteiger partial charge in [0.25, 0.3) is 0 Å². The van der Waals surface area contributed by atoms with Crippen LogP contribution in [-0.4, -0.2) is 44.4 Å². The molecule has 0 aliphatic rings. The highest BCUT2D eigenvalue weighted by atomic mass is 35.5. The zero-order chi connectivity index (χ0) is 17.5. The van der Waals surface area contributed by atoms with Crippen LogP contribution >= 0.6 is 12.4 Å². The SMILES string of the molecule is COC(=O)c1cc(C(=O)OC)cc(-c2ccc(CNCCO)o2)c1.Cl. The van der Waals surface area contributed by atoms with Crippen molar-refractivity contribution in [3.8, 4) is 11.3 Å². The second-order valence-electron chi connectivity index (χ2n) is 4.95. The van der Waals surface area contributed by atoms with Crippen LogP contribution in [0.2, 0.25) is 0 Å². The van der Waals surface area contributed by atoms with Crippen molar-refractivity contribution in [2.75, 3.05) is 27.4 Å². The highest BCUT2D eigenvalue weighted by Crippen LogP contribution is 2.25. The highest BCUT2D eigenvalue weighted by Gasteiger charge is 2.16. The monoisotopic (exact) mass is 369 g/mol. The lowest BCUT2D eigenvalue weighted by molar-refractivity contribution is 0.0599. The van der Waals surface area contributed by atoms with Crippen molar-refractivity contribution in [3.05, 3.63) is 47.2 Å². The third-order valence-corrected chi connectivity index (χ3v) is 3.31. The molecule has 2 rings (SSSR count). The number of hydrogen-bond acceptors (Lipinski definition) is 7. The average Bonchev–Trinajstić information content (AvgIpc) is 3.09. The number of carbonyl (C=O) groups excluding carboxylic acids is 2. The minimum absolute atomic E-state index is 0. The van der Waals surface area contributed by atoms with Gasteiger partial charge in [-0.3, -0.25) is 0 Å². The van der Waals surface area contributed by atoms with Gasteiger partial charge in [-0.25, -0.2) is 9.59 Å². The molecule has 0 radical (unpaired) electrons. The fraction of sp³-hybridized carbons (Fsp3) is 0.294. The first kappa shape index (κ1) is 20.7. The van der Waals surface area contributed by atoms with Crippen LogP contribution in [0.5, 0.6) is 0 Å². The quantitative estimate of drug-likeness (QED) is 0.569. The van der Waals surface area contributed by atoms with Gasteiger partial charge in [-0.05, 0) is 30.3 Å². The van der Waals surface area contributed by atoms with Gasteiger partial charge in [-0.2, -0.15) is 0 Å². The van der Waals surface area contributed by atoms with Crippen LogP contribution in [0.4, 0.5) is 0 Å². The molecule has 0 saturated carbocycles. The molecule has 0 fully saturated rings. The number of rotatable bonds is 7. The van der Waals surface area contributed by atoms with E-state index >= 15 is 0 Å². The van der Waals surface area contributed by atoms with Gasteiger partial charge in [0.15, 0.2) is 0 Å². The Labute approximate surface area is 151 Å². The molecule has 0 bridgehead atoms. The van der Waals surface area contributed by atoms with E-state index in [0.29, 0.717) is 30.2 Å². The summed E-state index contributed by atoms with van der Waals surface area (Å²) in [6.45, 7) is 0.957. The molecule has 0 aliphatic heterocycles. The van der Waals surface area contributed by atoms with E-state index in [1.54, 1.807) is 24.3 Å². The number of aliphatic hydroxyl groups excluding tert-OH is 1. The van der Waals surface area contributed by atoms with E-state index in [1.807, 2.05) is 0 Å². The second kappa shape index (κ2) is 9.83. The fourth-order valence-electron chi connectivity index (χ4n) is 2.16. The van der Waals surface area contributed by atoms with Crippen LogP contribution in [0.15, 0.2) is 34.7 Å². The van der Waals surface area contributed by atoms with Crippen molar-refractivity contribution in [1.29, 1.82) is 0 Å². The topological polar surface area (TPSA) is 98.0 Å². The largest absolute Gasteiger partial charge is 0.465 e. The lowest BCUT2D eigenvalue weighted by Crippen LogP contribution is -2.16. The summed E-state index contributed by atoms with van der Waals surface area (Å²) in [6, 6.07) is 8.10. The number of ether oxygens (including phenoxy) is 2. The smallest absolute Gasteiger partial charge is 0.337 e. The summed E-state index contributed by atoms with van der Waals surface area (Å²) >= 11 is 0. The molecule has 0 aliphatic carbocycles. The predicted octanol–water partition coefficient (Wildman–Crippen LogP) is 2.02. The minimum atomic E-state index is -0.557. The summed E-state index contributed by atoms with van der Waals surface area (Å²) in [4.78, 5) is 23.6. The number of benzene rings is 1. The van der Waals surface area contributed by atoms with Crippen LogP contribution in [-0.2, 0) is 16.0 Å². The zero-order valence-electron chi connectivity index (χ0n) is 13.9. The molecule has 0 amide bonds. The number of methoxy groups -OCH3 is 2. The standard InChI is InChI=1S/C17H19NO6.ClH/c1-22-16(20)12-7-11(8-13(9-12)17(21)23-2)15-4-3-14(24-15)10-18-5-6-19;/h3-4,7-9,18-19H,5-6,10H2,1-2H3;1H. The Morgan fingerprint density at radius 2 is 1.68 bits per heavy atom. The lowest BCUT2D eigenvalue weighted by Gasteiger charge is -2.06. The molecule has 0 unspecified atom stereocenters. The third kappa shape index (κ3) is 5.32. The Kier molecular flexibility index (Phi) is 8.13. The normalized spacial score (nSPS) is 10.0. The van der Waals surface area contributed by atoms with E-state index in [-0.39, 0.29) is 30.1 Å². The van der Waals surface area contributed by atoms with Crippen molar-refractivity contribution in [2.24, 2.45) is 0 Å². The molecule has 2 N–H and O–H groups in total. The maximum Gasteiger partial charge on any atom is 0.337 e. The average molecular weight is 370 g/mol. The number of esters is 2. The lowest BCUT2D eigenvalue weighted by atomic mass is 10.0. The summed E-state index contributed by atoms with van der Waals surface area (Å²) in [7, 11) is 2.54. The maximum atomic E-state index is 11.8. The summed E-state index contributed by atoms with van der Waals surface area (Å²) in [6.07, 6.45) is 0. The van der Waals surface area contributed by atoms with E-state index in [0.717, 1.165) is 0 Å². The van der Waals surface area contributed by atoms with Gasteiger partial charge in [0.2, 0.25) is 0 Å². The number of carbonyl (C=O) groups is 2. The molecule has 1 aromatic carbocycles. The molecular formula is C17H20ClNO6. The number of aliphatic hydroxyl groups is 1. The molecule has 0 atom stereocenters. The van der Waals surface area contributed by atoms with Gasteiger partial charge in [-0.1, -0.05) is 0 Å². The van der Waals surface area contributed by atoms with Gasteiger partial charge in [-0.15, -0.1) is 12.4 Å². The summed E-state index contributed by atoms with van der Waals surface area (Å²) in [5.41, 5.74) is 1.02. The first-order chi connectivity index (χ1) is 11.6. The number of halogens is 1. The fourth-order valence-corrected chi connectivity index (χ4v) is 2.16. The summed E-state index contributed by atoms with van der Waals surface area (Å²) in [5.74, 6) is 0.0602. The molecule has 1 aromatic heterocycles. The van der Waals surface area contributed by atoms with Crippen LogP contribution in [0.25, 0.3) is 11.3 Å². The third-order valence-electron chi connectivity index (χ3n) is 3.31. The van der Waals surface area contributed by atoms with Crippen molar-refractivity contribution < 1.29 is 28.6 Å². The van der Waals surface area contributed by atoms with E-state index in [1.165, 1.54) is 20.3 Å². The van der Waals surface area contributed by atoms with E-state index < -0.39 is 11.9 Å². The molecule has 1 heterocycles. The summed E-state index contributed by atoms with van der Waals surface area (Å²) < 4.78 is 15.1. The molecular weight excluding hydrogens is 350 g/mol. The molecule has 25 heavy (non-hydrogen) atoms. The molecule has 8 heteroatoms. The Bertz CT molecular complexity index is 693. The Hall–Kier alpha value is -2.35. The number of furan rings is 1. The zero-order valence-corrected chi connectivity index (χ0v) is 14.7. The Morgan fingerprint density at radius 3 is 2.20 bits per heavy atom. The van der Waals surface area contributed by atoms with E-state index in [9.17, 15) is 9.59 Å². The molecule has 7 nitrogen and oxygen atoms in total. The minimum Gasteiger partial charge on any atom is -0.465 e. The van der Waals surface area contributed by atoms with Crippen molar-refractivity contribution in [3.63, 3.8) is 0 Å². The van der Waals surface area contributed by atoms with Crippen LogP contribution in [0.1, 0.15) is 26.5 Å². The molecule has 2 aromatic rings. The van der Waals surface area contributed by atoms with E-state index in [2.05, 4.69) is 5.32 Å². The van der Waals surface area contributed by atoms with Crippen LogP contribution < -0.4 is 5.32 Å². The molecule has 136 valence electrons. The van der Waals surface area contributed by atoms with Crippen molar-refractivity contribution >= 4 is 24.3 Å². The first-order valence-electron chi connectivity index (χ1n) is 7.31. The number of nitrogens with one attached hydrogen (secondary N) is 1. The Balaban J connectivity index is 0.00000312. The summed E-state index contributed by atoms with van der Waals surface area (Å²) in [5, 5.41) is 11.8. The van der Waals surface area contributed by atoms with Gasteiger partial charge in [0, 0.05) is 12.1 Å². The van der Waals surface area contributed by atoms with Crippen molar-refractivity contribution in [2.45, 2.75) is 6.54 Å². The Morgan fingerprint density at radius 1 is 1.08 bits per heavy atom. The second-order valence-corrected chi connectivity index (χ2v) is 4.95. The van der Waals surface area contributed by atoms with Gasteiger partial charge in [0.05, 0.1) is 38.5 Å². The first-order valence-corrected chi connectivity index (χ1v) is 7.31. The van der Waals surface area contributed by atoms with Gasteiger partial charge >= 0.3 is 11.9 Å². The highest BCUT2D eigenvalue weighted by molar-refractivity contribution is 5.97. The predicted molar refractivity (Wildman–Crippen MR) is 92.9 cm³/mol. The van der Waals surface area contributed by atoms with Crippen LogP contribution in [0.3, 0.4) is 0 Å². The molecule has 0 spiro atoms.